The molecular weight excluding hydrogens is 330 g/mol. The van der Waals surface area contributed by atoms with Gasteiger partial charge in [0.2, 0.25) is 0 Å². The molecule has 0 radical (unpaired) electrons. The smallest absolute Gasteiger partial charge is 0.257 e. The van der Waals surface area contributed by atoms with Crippen molar-refractivity contribution in [3.8, 4) is 5.75 Å². The Balaban J connectivity index is 1.73. The number of rotatable bonds is 6. The summed E-state index contributed by atoms with van der Waals surface area (Å²) >= 11 is 0. The van der Waals surface area contributed by atoms with Crippen molar-refractivity contribution in [3.63, 3.8) is 0 Å². The van der Waals surface area contributed by atoms with E-state index in [2.05, 4.69) is 10.3 Å². The number of benzene rings is 1. The summed E-state index contributed by atoms with van der Waals surface area (Å²) in [5, 5.41) is 2.98. The number of aromatic nitrogens is 1. The van der Waals surface area contributed by atoms with E-state index < -0.39 is 5.60 Å². The van der Waals surface area contributed by atoms with E-state index in [4.69, 9.17) is 9.47 Å². The third-order valence-corrected chi connectivity index (χ3v) is 4.78. The van der Waals surface area contributed by atoms with Crippen molar-refractivity contribution in [1.82, 2.24) is 9.88 Å². The minimum Gasteiger partial charge on any atom is -0.491 e. The van der Waals surface area contributed by atoms with Gasteiger partial charge in [-0.1, -0.05) is 18.2 Å². The van der Waals surface area contributed by atoms with Crippen LogP contribution < -0.4 is 10.1 Å². The van der Waals surface area contributed by atoms with Crippen molar-refractivity contribution in [2.45, 2.75) is 18.4 Å². The van der Waals surface area contributed by atoms with Crippen LogP contribution in [0.2, 0.25) is 0 Å². The van der Waals surface area contributed by atoms with E-state index in [1.54, 1.807) is 32.5 Å². The Bertz CT molecular complexity index is 738. The molecule has 0 aliphatic carbocycles. The molecule has 1 saturated heterocycles. The highest BCUT2D eigenvalue weighted by Gasteiger charge is 2.39. The zero-order valence-corrected chi connectivity index (χ0v) is 15.3. The molecule has 1 amide bonds. The Morgan fingerprint density at radius 1 is 1.27 bits per heavy atom. The Hall–Kier alpha value is -2.60. The average molecular weight is 355 g/mol. The molecule has 0 unspecified atom stereocenters. The van der Waals surface area contributed by atoms with Crippen molar-refractivity contribution in [2.75, 3.05) is 39.2 Å². The summed E-state index contributed by atoms with van der Waals surface area (Å²) in [6, 6.07) is 13.2. The van der Waals surface area contributed by atoms with Crippen molar-refractivity contribution in [1.29, 1.82) is 0 Å². The van der Waals surface area contributed by atoms with E-state index in [1.165, 1.54) is 0 Å². The lowest BCUT2D eigenvalue weighted by Crippen LogP contribution is -2.54. The first-order chi connectivity index (χ1) is 12.7. The topological polar surface area (TPSA) is 63.7 Å². The van der Waals surface area contributed by atoms with Gasteiger partial charge in [-0.15, -0.1) is 0 Å². The first-order valence-corrected chi connectivity index (χ1v) is 8.82. The first kappa shape index (κ1) is 18.2. The van der Waals surface area contributed by atoms with Gasteiger partial charge in [0.15, 0.2) is 0 Å². The van der Waals surface area contributed by atoms with Crippen LogP contribution >= 0.6 is 0 Å². The fourth-order valence-electron chi connectivity index (χ4n) is 3.29. The maximum absolute atomic E-state index is 13.0. The molecule has 6 nitrogen and oxygen atoms in total. The van der Waals surface area contributed by atoms with Gasteiger partial charge < -0.3 is 19.7 Å². The lowest BCUT2D eigenvalue weighted by Gasteiger charge is -2.41. The molecule has 138 valence electrons. The third kappa shape index (κ3) is 3.96. The standard InChI is InChI=1S/C20H25N3O3/c1-21-18-17(10-6-12-22-18)19(24)23-13-7-11-20(14-23,25-2)15-26-16-8-4-3-5-9-16/h3-6,8-10,12H,7,11,13-15H2,1-2H3,(H,21,22)/t20-/m1/s1. The van der Waals surface area contributed by atoms with Crippen molar-refractivity contribution < 1.29 is 14.3 Å². The molecule has 1 aromatic heterocycles. The number of nitrogens with one attached hydrogen (secondary N) is 1. The molecule has 2 aromatic rings. The number of para-hydroxylation sites is 1. The predicted octanol–water partition coefficient (Wildman–Crippen LogP) is 2.82. The monoisotopic (exact) mass is 355 g/mol. The Labute approximate surface area is 154 Å². The summed E-state index contributed by atoms with van der Waals surface area (Å²) in [4.78, 5) is 19.1. The van der Waals surface area contributed by atoms with Crippen LogP contribution in [0.5, 0.6) is 5.75 Å². The van der Waals surface area contributed by atoms with Crippen LogP contribution in [0.3, 0.4) is 0 Å². The number of carbonyl (C=O) groups excluding carboxylic acids is 1. The number of hydrogen-bond donors (Lipinski definition) is 1. The number of likely N-dealkylation sites (tertiary alicyclic amines) is 1. The molecule has 0 spiro atoms. The van der Waals surface area contributed by atoms with E-state index in [0.29, 0.717) is 31.1 Å². The van der Waals surface area contributed by atoms with Crippen molar-refractivity contribution in [3.05, 3.63) is 54.2 Å². The van der Waals surface area contributed by atoms with Crippen molar-refractivity contribution in [2.24, 2.45) is 0 Å². The summed E-state index contributed by atoms with van der Waals surface area (Å²) in [5.41, 5.74) is 0.0667. The highest BCUT2D eigenvalue weighted by atomic mass is 16.5. The van der Waals surface area contributed by atoms with Gasteiger partial charge in [-0.3, -0.25) is 4.79 Å². The van der Waals surface area contributed by atoms with Crippen LogP contribution in [0.1, 0.15) is 23.2 Å². The summed E-state index contributed by atoms with van der Waals surface area (Å²) in [6.45, 7) is 1.60. The third-order valence-electron chi connectivity index (χ3n) is 4.78. The normalized spacial score (nSPS) is 19.8. The molecule has 1 aliphatic heterocycles. The van der Waals surface area contributed by atoms with E-state index in [1.807, 2.05) is 35.2 Å². The molecule has 2 heterocycles. The van der Waals surface area contributed by atoms with Gasteiger partial charge in [0.1, 0.15) is 23.8 Å². The molecule has 1 atom stereocenters. The fourth-order valence-corrected chi connectivity index (χ4v) is 3.29. The molecular formula is C20H25N3O3. The molecule has 6 heteroatoms. The van der Waals surface area contributed by atoms with Gasteiger partial charge in [-0.2, -0.15) is 0 Å². The minimum atomic E-state index is -0.508. The maximum Gasteiger partial charge on any atom is 0.257 e. The second-order valence-corrected chi connectivity index (χ2v) is 6.47. The van der Waals surface area contributed by atoms with E-state index in [-0.39, 0.29) is 5.91 Å². The van der Waals surface area contributed by atoms with Crippen LogP contribution in [0, 0.1) is 0 Å². The molecule has 0 bridgehead atoms. The molecule has 1 aromatic carbocycles. The Kier molecular flexibility index (Phi) is 5.73. The second-order valence-electron chi connectivity index (χ2n) is 6.47. The predicted molar refractivity (Wildman–Crippen MR) is 101 cm³/mol. The Morgan fingerprint density at radius 2 is 2.08 bits per heavy atom. The zero-order valence-electron chi connectivity index (χ0n) is 15.3. The molecule has 0 saturated carbocycles. The van der Waals surface area contributed by atoms with Gasteiger partial charge in [0, 0.05) is 26.9 Å². The summed E-state index contributed by atoms with van der Waals surface area (Å²) in [5.74, 6) is 1.35. The van der Waals surface area contributed by atoms with Gasteiger partial charge in [-0.25, -0.2) is 4.98 Å². The number of hydrogen-bond acceptors (Lipinski definition) is 5. The van der Waals surface area contributed by atoms with Gasteiger partial charge in [0.05, 0.1) is 12.1 Å². The molecule has 1 aliphatic rings. The quantitative estimate of drug-likeness (QED) is 0.863. The van der Waals surface area contributed by atoms with Crippen LogP contribution in [0.25, 0.3) is 0 Å². The zero-order chi connectivity index (χ0) is 18.4. The number of methoxy groups -OCH3 is 1. The van der Waals surface area contributed by atoms with Crippen LogP contribution in [-0.4, -0.2) is 55.2 Å². The number of nitrogens with zero attached hydrogens (tertiary/aromatic N) is 2. The Morgan fingerprint density at radius 3 is 2.81 bits per heavy atom. The summed E-state index contributed by atoms with van der Waals surface area (Å²) < 4.78 is 11.8. The second kappa shape index (κ2) is 8.19. The van der Waals surface area contributed by atoms with E-state index in [9.17, 15) is 4.79 Å². The van der Waals surface area contributed by atoms with Gasteiger partial charge in [-0.05, 0) is 37.1 Å². The van der Waals surface area contributed by atoms with Crippen LogP contribution in [0.15, 0.2) is 48.7 Å². The van der Waals surface area contributed by atoms with Crippen LogP contribution in [0.4, 0.5) is 5.82 Å². The fraction of sp³-hybridized carbons (Fsp3) is 0.400. The SMILES string of the molecule is CNc1ncccc1C(=O)N1CCC[C@@](COc2ccccc2)(OC)C1. The number of amides is 1. The molecule has 1 N–H and O–H groups in total. The lowest BCUT2D eigenvalue weighted by atomic mass is 9.92. The van der Waals surface area contributed by atoms with E-state index in [0.717, 1.165) is 18.6 Å². The largest absolute Gasteiger partial charge is 0.491 e. The molecule has 1 fully saturated rings. The van der Waals surface area contributed by atoms with Gasteiger partial charge in [0.25, 0.3) is 5.91 Å². The first-order valence-electron chi connectivity index (χ1n) is 8.82. The summed E-state index contributed by atoms with van der Waals surface area (Å²) in [6.07, 6.45) is 3.39. The number of pyridine rings is 1. The number of ether oxygens (including phenoxy) is 2. The highest BCUT2D eigenvalue weighted by Crippen LogP contribution is 2.28. The minimum absolute atomic E-state index is 0.0386. The lowest BCUT2D eigenvalue weighted by molar-refractivity contribution is -0.0824. The van der Waals surface area contributed by atoms with Crippen LogP contribution in [-0.2, 0) is 4.74 Å². The maximum atomic E-state index is 13.0. The number of anilines is 1. The molecule has 3 rings (SSSR count). The van der Waals surface area contributed by atoms with Crippen molar-refractivity contribution >= 4 is 11.7 Å². The summed E-state index contributed by atoms with van der Waals surface area (Å²) in [7, 11) is 3.45. The molecule has 26 heavy (non-hydrogen) atoms. The van der Waals surface area contributed by atoms with E-state index >= 15 is 0 Å². The van der Waals surface area contributed by atoms with Gasteiger partial charge >= 0.3 is 0 Å². The number of piperidine rings is 1. The average Bonchev–Trinajstić information content (AvgIpc) is 2.72. The highest BCUT2D eigenvalue weighted by molar-refractivity contribution is 5.98. The number of carbonyl (C=O) groups is 1.